The van der Waals surface area contributed by atoms with Gasteiger partial charge in [0.15, 0.2) is 0 Å². The van der Waals surface area contributed by atoms with Gasteiger partial charge in [0, 0.05) is 16.7 Å². The van der Waals surface area contributed by atoms with E-state index in [0.717, 1.165) is 23.3 Å². The lowest BCUT2D eigenvalue weighted by Crippen LogP contribution is -2.35. The number of fused-ring (bicyclic) bond motifs is 1. The van der Waals surface area contributed by atoms with Crippen LogP contribution in [0, 0.1) is 16.7 Å². The van der Waals surface area contributed by atoms with Crippen LogP contribution in [0.5, 0.6) is 0 Å². The smallest absolute Gasteiger partial charge is 0.308 e. The van der Waals surface area contributed by atoms with Crippen molar-refractivity contribution in [3.63, 3.8) is 0 Å². The van der Waals surface area contributed by atoms with Gasteiger partial charge in [0.05, 0.1) is 22.9 Å². The minimum absolute atomic E-state index is 0.0128. The second-order valence-corrected chi connectivity index (χ2v) is 7.27. The van der Waals surface area contributed by atoms with Crippen LogP contribution in [0.25, 0.3) is 5.70 Å². The number of alkyl halides is 3. The van der Waals surface area contributed by atoms with Crippen LogP contribution in [0.3, 0.4) is 0 Å². The second kappa shape index (κ2) is 7.63. The molecule has 0 saturated carbocycles. The van der Waals surface area contributed by atoms with E-state index in [1.807, 2.05) is 38.1 Å². The first-order valence-electron chi connectivity index (χ1n) is 9.16. The number of nitriles is 1. The highest BCUT2D eigenvalue weighted by atomic mass is 19.4. The number of rotatable bonds is 3. The first-order chi connectivity index (χ1) is 13.7. The summed E-state index contributed by atoms with van der Waals surface area (Å²) >= 11 is 0. The SMILES string of the molecule is CC[C@]1(C)Cc2ccccc2C(NC(=O)Nc2cccc(C(F)(F)F)c2)=C1C#N. The summed E-state index contributed by atoms with van der Waals surface area (Å²) in [7, 11) is 0. The van der Waals surface area contributed by atoms with Crippen molar-refractivity contribution in [1.82, 2.24) is 5.32 Å². The molecule has 0 aromatic heterocycles. The van der Waals surface area contributed by atoms with E-state index in [-0.39, 0.29) is 5.69 Å². The fourth-order valence-electron chi connectivity index (χ4n) is 3.54. The third kappa shape index (κ3) is 4.11. The Morgan fingerprint density at radius 3 is 2.55 bits per heavy atom. The third-order valence-corrected chi connectivity index (χ3v) is 5.30. The molecule has 4 nitrogen and oxygen atoms in total. The van der Waals surface area contributed by atoms with Crippen molar-refractivity contribution < 1.29 is 18.0 Å². The van der Waals surface area contributed by atoms with Gasteiger partial charge in [-0.2, -0.15) is 18.4 Å². The van der Waals surface area contributed by atoms with Gasteiger partial charge < -0.3 is 10.6 Å². The molecule has 0 unspecified atom stereocenters. The summed E-state index contributed by atoms with van der Waals surface area (Å²) in [5, 5.41) is 14.9. The van der Waals surface area contributed by atoms with E-state index < -0.39 is 23.2 Å². The Hall–Kier alpha value is -3.27. The van der Waals surface area contributed by atoms with Crippen molar-refractivity contribution in [3.05, 3.63) is 70.8 Å². The highest BCUT2D eigenvalue weighted by Crippen LogP contribution is 2.43. The Morgan fingerprint density at radius 2 is 1.90 bits per heavy atom. The van der Waals surface area contributed by atoms with E-state index in [1.165, 1.54) is 12.1 Å². The minimum Gasteiger partial charge on any atom is -0.308 e. The van der Waals surface area contributed by atoms with Crippen molar-refractivity contribution in [2.24, 2.45) is 5.41 Å². The van der Waals surface area contributed by atoms with Crippen LogP contribution in [0.4, 0.5) is 23.7 Å². The van der Waals surface area contributed by atoms with E-state index in [1.54, 1.807) is 0 Å². The molecular formula is C22H20F3N3O. The van der Waals surface area contributed by atoms with Crippen LogP contribution in [0.2, 0.25) is 0 Å². The van der Waals surface area contributed by atoms with E-state index in [0.29, 0.717) is 24.1 Å². The topological polar surface area (TPSA) is 64.9 Å². The standard InChI is InChI=1S/C22H20F3N3O/c1-3-21(2)12-14-7-4-5-10-17(14)19(18(21)13-26)28-20(29)27-16-9-6-8-15(11-16)22(23,24)25/h4-11H,3,12H2,1-2H3,(H2,27,28,29)/t21-/m1/s1. The van der Waals surface area contributed by atoms with Crippen LogP contribution < -0.4 is 10.6 Å². The summed E-state index contributed by atoms with van der Waals surface area (Å²) in [5.74, 6) is 0. The predicted octanol–water partition coefficient (Wildman–Crippen LogP) is 5.73. The number of urea groups is 1. The van der Waals surface area contributed by atoms with Crippen LogP contribution in [-0.2, 0) is 12.6 Å². The van der Waals surface area contributed by atoms with Crippen LogP contribution >= 0.6 is 0 Å². The molecule has 29 heavy (non-hydrogen) atoms. The maximum absolute atomic E-state index is 12.9. The lowest BCUT2D eigenvalue weighted by molar-refractivity contribution is -0.137. The quantitative estimate of drug-likeness (QED) is 0.692. The molecule has 0 heterocycles. The summed E-state index contributed by atoms with van der Waals surface area (Å²) in [6.45, 7) is 3.94. The molecule has 1 aliphatic carbocycles. The molecule has 2 N–H and O–H groups in total. The summed E-state index contributed by atoms with van der Waals surface area (Å²) in [6.07, 6.45) is -3.14. The first-order valence-corrected chi connectivity index (χ1v) is 9.16. The first kappa shape index (κ1) is 20.5. The molecule has 150 valence electrons. The molecule has 2 amide bonds. The van der Waals surface area contributed by atoms with Crippen molar-refractivity contribution in [1.29, 1.82) is 5.26 Å². The zero-order valence-electron chi connectivity index (χ0n) is 16.0. The monoisotopic (exact) mass is 399 g/mol. The second-order valence-electron chi connectivity index (χ2n) is 7.27. The summed E-state index contributed by atoms with van der Waals surface area (Å²) in [5.41, 5.74) is 1.31. The van der Waals surface area contributed by atoms with E-state index in [2.05, 4.69) is 16.7 Å². The summed E-state index contributed by atoms with van der Waals surface area (Å²) in [6, 6.07) is 13.4. The molecule has 0 saturated heterocycles. The molecule has 2 aromatic rings. The number of amides is 2. The Balaban J connectivity index is 1.93. The number of carbonyl (C=O) groups is 1. The average Bonchev–Trinajstić information content (AvgIpc) is 2.67. The van der Waals surface area contributed by atoms with Crippen LogP contribution in [0.1, 0.15) is 37.0 Å². The van der Waals surface area contributed by atoms with Crippen LogP contribution in [-0.4, -0.2) is 6.03 Å². The largest absolute Gasteiger partial charge is 0.416 e. The van der Waals surface area contributed by atoms with Gasteiger partial charge in [0.2, 0.25) is 0 Å². The van der Waals surface area contributed by atoms with Gasteiger partial charge >= 0.3 is 12.2 Å². The van der Waals surface area contributed by atoms with Gasteiger partial charge in [-0.05, 0) is 36.6 Å². The Kier molecular flexibility index (Phi) is 5.38. The van der Waals surface area contributed by atoms with Crippen molar-refractivity contribution in [2.75, 3.05) is 5.32 Å². The van der Waals surface area contributed by atoms with E-state index in [4.69, 9.17) is 0 Å². The molecule has 0 fully saturated rings. The van der Waals surface area contributed by atoms with E-state index in [9.17, 15) is 23.2 Å². The molecule has 2 aromatic carbocycles. The number of allylic oxidation sites excluding steroid dienone is 1. The van der Waals surface area contributed by atoms with Crippen molar-refractivity contribution in [3.8, 4) is 6.07 Å². The van der Waals surface area contributed by atoms with Crippen molar-refractivity contribution >= 4 is 17.4 Å². The maximum atomic E-state index is 12.9. The fourth-order valence-corrected chi connectivity index (χ4v) is 3.54. The molecule has 0 aliphatic heterocycles. The zero-order chi connectivity index (χ0) is 21.2. The van der Waals surface area contributed by atoms with Gasteiger partial charge in [-0.1, -0.05) is 44.2 Å². The normalized spacial score (nSPS) is 18.6. The molecule has 7 heteroatoms. The average molecular weight is 399 g/mol. The highest BCUT2D eigenvalue weighted by Gasteiger charge is 2.36. The Labute approximate surface area is 167 Å². The van der Waals surface area contributed by atoms with Gasteiger partial charge in [-0.15, -0.1) is 0 Å². The van der Waals surface area contributed by atoms with Gasteiger partial charge in [-0.3, -0.25) is 0 Å². The third-order valence-electron chi connectivity index (χ3n) is 5.30. The summed E-state index contributed by atoms with van der Waals surface area (Å²) < 4.78 is 38.7. The lowest BCUT2D eigenvalue weighted by Gasteiger charge is -2.35. The molecule has 0 radical (unpaired) electrons. The number of halogens is 3. The Bertz CT molecular complexity index is 1020. The number of anilines is 1. The maximum Gasteiger partial charge on any atom is 0.416 e. The van der Waals surface area contributed by atoms with Crippen LogP contribution in [0.15, 0.2) is 54.1 Å². The molecule has 1 aliphatic rings. The lowest BCUT2D eigenvalue weighted by atomic mass is 9.69. The molecule has 3 rings (SSSR count). The molecule has 0 bridgehead atoms. The van der Waals surface area contributed by atoms with Gasteiger partial charge in [0.1, 0.15) is 0 Å². The van der Waals surface area contributed by atoms with Gasteiger partial charge in [-0.25, -0.2) is 4.79 Å². The number of benzene rings is 2. The fraction of sp³-hybridized carbons (Fsp3) is 0.273. The van der Waals surface area contributed by atoms with Crippen molar-refractivity contribution in [2.45, 2.75) is 32.9 Å². The number of hydrogen-bond acceptors (Lipinski definition) is 2. The number of nitrogens with zero attached hydrogens (tertiary/aromatic N) is 1. The molecule has 1 atom stereocenters. The molecule has 0 spiro atoms. The number of nitrogens with one attached hydrogen (secondary N) is 2. The zero-order valence-corrected chi connectivity index (χ0v) is 16.0. The van der Waals surface area contributed by atoms with Gasteiger partial charge in [0.25, 0.3) is 0 Å². The summed E-state index contributed by atoms with van der Waals surface area (Å²) in [4.78, 5) is 12.6. The minimum atomic E-state index is -4.50. The number of hydrogen-bond donors (Lipinski definition) is 2. The predicted molar refractivity (Wildman–Crippen MR) is 105 cm³/mol. The molecular weight excluding hydrogens is 379 g/mol. The number of carbonyl (C=O) groups excluding carboxylic acids is 1. The Morgan fingerprint density at radius 1 is 1.17 bits per heavy atom. The van der Waals surface area contributed by atoms with E-state index >= 15 is 0 Å². The highest BCUT2D eigenvalue weighted by molar-refractivity contribution is 5.97.